The van der Waals surface area contributed by atoms with Gasteiger partial charge in [0.15, 0.2) is 11.5 Å². The van der Waals surface area contributed by atoms with Crippen LogP contribution in [-0.4, -0.2) is 18.2 Å². The molecule has 1 N–H and O–H groups in total. The van der Waals surface area contributed by atoms with Gasteiger partial charge in [-0.1, -0.05) is 60.7 Å². The molecule has 0 unspecified atom stereocenters. The van der Waals surface area contributed by atoms with Crippen molar-refractivity contribution in [1.29, 1.82) is 0 Å². The Morgan fingerprint density at radius 1 is 0.920 bits per heavy atom. The Labute approximate surface area is 146 Å². The van der Waals surface area contributed by atoms with Crippen LogP contribution in [0.4, 0.5) is 0 Å². The molecule has 126 valence electrons. The van der Waals surface area contributed by atoms with Crippen molar-refractivity contribution < 1.29 is 19.4 Å². The van der Waals surface area contributed by atoms with E-state index in [1.165, 1.54) is 13.2 Å². The monoisotopic (exact) mass is 334 g/mol. The molecule has 0 saturated heterocycles. The molecule has 0 heterocycles. The summed E-state index contributed by atoms with van der Waals surface area (Å²) in [7, 11) is 1.50. The normalized spacial score (nSPS) is 10.3. The van der Waals surface area contributed by atoms with Gasteiger partial charge in [-0.2, -0.15) is 0 Å². The lowest BCUT2D eigenvalue weighted by molar-refractivity contribution is 0.0697. The summed E-state index contributed by atoms with van der Waals surface area (Å²) in [5.41, 5.74) is 2.60. The van der Waals surface area contributed by atoms with Gasteiger partial charge in [0.05, 0.1) is 12.7 Å². The van der Waals surface area contributed by atoms with E-state index < -0.39 is 5.97 Å². The lowest BCUT2D eigenvalue weighted by Gasteiger charge is -2.15. The Kier molecular flexibility index (Phi) is 5.00. The number of methoxy groups -OCH3 is 1. The highest BCUT2D eigenvalue weighted by Crippen LogP contribution is 2.36. The first-order valence-corrected chi connectivity index (χ1v) is 7.86. The third-order valence-corrected chi connectivity index (χ3v) is 3.86. The number of carboxylic acids is 1. The largest absolute Gasteiger partial charge is 0.493 e. The fraction of sp³-hybridized carbons (Fsp3) is 0.0952. The van der Waals surface area contributed by atoms with Gasteiger partial charge in [0.1, 0.15) is 6.61 Å². The molecular formula is C21H18O4. The van der Waals surface area contributed by atoms with Crippen molar-refractivity contribution in [3.8, 4) is 22.6 Å². The van der Waals surface area contributed by atoms with Crippen LogP contribution in [0.25, 0.3) is 11.1 Å². The van der Waals surface area contributed by atoms with Crippen LogP contribution in [-0.2, 0) is 6.61 Å². The minimum Gasteiger partial charge on any atom is -0.493 e. The molecule has 0 aliphatic heterocycles. The molecule has 4 nitrogen and oxygen atoms in total. The van der Waals surface area contributed by atoms with Gasteiger partial charge in [0.2, 0.25) is 0 Å². The number of carbonyl (C=O) groups is 1. The van der Waals surface area contributed by atoms with Crippen molar-refractivity contribution in [1.82, 2.24) is 0 Å². The van der Waals surface area contributed by atoms with E-state index in [0.29, 0.717) is 23.7 Å². The SMILES string of the molecule is COc1cc(C(=O)O)c(-c2ccccc2)cc1OCc1ccccc1. The Bertz CT molecular complexity index is 858. The van der Waals surface area contributed by atoms with Gasteiger partial charge < -0.3 is 14.6 Å². The predicted octanol–water partition coefficient (Wildman–Crippen LogP) is 4.64. The second-order valence-corrected chi connectivity index (χ2v) is 5.49. The first-order valence-electron chi connectivity index (χ1n) is 7.86. The Balaban J connectivity index is 2.01. The number of rotatable bonds is 6. The van der Waals surface area contributed by atoms with Crippen LogP contribution in [0.15, 0.2) is 72.8 Å². The van der Waals surface area contributed by atoms with Gasteiger partial charge in [0.25, 0.3) is 0 Å². The summed E-state index contributed by atoms with van der Waals surface area (Å²) >= 11 is 0. The average molecular weight is 334 g/mol. The topological polar surface area (TPSA) is 55.8 Å². The van der Waals surface area contributed by atoms with E-state index in [1.807, 2.05) is 60.7 Å². The second-order valence-electron chi connectivity index (χ2n) is 5.49. The summed E-state index contributed by atoms with van der Waals surface area (Å²) in [6, 6.07) is 22.4. The van der Waals surface area contributed by atoms with Crippen molar-refractivity contribution in [2.75, 3.05) is 7.11 Å². The highest BCUT2D eigenvalue weighted by Gasteiger charge is 2.17. The number of ether oxygens (including phenoxy) is 2. The summed E-state index contributed by atoms with van der Waals surface area (Å²) in [6.45, 7) is 0.373. The molecule has 25 heavy (non-hydrogen) atoms. The molecule has 0 amide bonds. The molecule has 4 heteroatoms. The molecule has 0 spiro atoms. The number of hydrogen-bond acceptors (Lipinski definition) is 3. The van der Waals surface area contributed by atoms with Gasteiger partial charge in [-0.15, -0.1) is 0 Å². The fourth-order valence-electron chi connectivity index (χ4n) is 2.60. The number of aromatic carboxylic acids is 1. The molecule has 3 rings (SSSR count). The molecule has 0 aliphatic carbocycles. The van der Waals surface area contributed by atoms with E-state index in [-0.39, 0.29) is 5.56 Å². The maximum Gasteiger partial charge on any atom is 0.336 e. The molecule has 0 fully saturated rings. The van der Waals surface area contributed by atoms with E-state index in [2.05, 4.69) is 0 Å². The van der Waals surface area contributed by atoms with Crippen molar-refractivity contribution in [3.05, 3.63) is 83.9 Å². The maximum atomic E-state index is 11.7. The van der Waals surface area contributed by atoms with Gasteiger partial charge in [-0.25, -0.2) is 4.79 Å². The summed E-state index contributed by atoms with van der Waals surface area (Å²) in [5.74, 6) is -0.102. The van der Waals surface area contributed by atoms with Crippen LogP contribution in [0.2, 0.25) is 0 Å². The Morgan fingerprint density at radius 3 is 2.16 bits per heavy atom. The fourth-order valence-corrected chi connectivity index (χ4v) is 2.60. The average Bonchev–Trinajstić information content (AvgIpc) is 2.67. The van der Waals surface area contributed by atoms with Crippen LogP contribution in [0.1, 0.15) is 15.9 Å². The number of benzene rings is 3. The van der Waals surface area contributed by atoms with Crippen LogP contribution in [0.5, 0.6) is 11.5 Å². The molecule has 0 atom stereocenters. The van der Waals surface area contributed by atoms with E-state index >= 15 is 0 Å². The molecule has 0 radical (unpaired) electrons. The van der Waals surface area contributed by atoms with Crippen LogP contribution < -0.4 is 9.47 Å². The quantitative estimate of drug-likeness (QED) is 0.713. The predicted molar refractivity (Wildman–Crippen MR) is 96.2 cm³/mol. The molecule has 0 bridgehead atoms. The van der Waals surface area contributed by atoms with E-state index in [9.17, 15) is 9.90 Å². The lowest BCUT2D eigenvalue weighted by atomic mass is 9.99. The summed E-state index contributed by atoms with van der Waals surface area (Å²) in [4.78, 5) is 11.7. The first-order chi connectivity index (χ1) is 12.2. The third kappa shape index (κ3) is 3.80. The van der Waals surface area contributed by atoms with Crippen LogP contribution in [0, 0.1) is 0 Å². The van der Waals surface area contributed by atoms with Gasteiger partial charge in [0, 0.05) is 5.56 Å². The molecule has 3 aromatic rings. The number of hydrogen-bond donors (Lipinski definition) is 1. The van der Waals surface area contributed by atoms with Gasteiger partial charge in [-0.05, 0) is 23.3 Å². The maximum absolute atomic E-state index is 11.7. The van der Waals surface area contributed by atoms with E-state index in [0.717, 1.165) is 11.1 Å². The van der Waals surface area contributed by atoms with Crippen molar-refractivity contribution >= 4 is 5.97 Å². The van der Waals surface area contributed by atoms with Crippen molar-refractivity contribution in [3.63, 3.8) is 0 Å². The second kappa shape index (κ2) is 7.53. The minimum absolute atomic E-state index is 0.176. The zero-order chi connectivity index (χ0) is 17.6. The summed E-state index contributed by atoms with van der Waals surface area (Å²) < 4.78 is 11.2. The van der Waals surface area contributed by atoms with Crippen molar-refractivity contribution in [2.45, 2.75) is 6.61 Å². The van der Waals surface area contributed by atoms with E-state index in [4.69, 9.17) is 9.47 Å². The third-order valence-electron chi connectivity index (χ3n) is 3.86. The summed E-state index contributed by atoms with van der Waals surface area (Å²) in [6.07, 6.45) is 0. The minimum atomic E-state index is -1.01. The van der Waals surface area contributed by atoms with E-state index in [1.54, 1.807) is 6.07 Å². The molecule has 0 saturated carbocycles. The smallest absolute Gasteiger partial charge is 0.336 e. The van der Waals surface area contributed by atoms with Crippen LogP contribution >= 0.6 is 0 Å². The molecular weight excluding hydrogens is 316 g/mol. The molecule has 0 aliphatic rings. The Morgan fingerprint density at radius 2 is 1.56 bits per heavy atom. The van der Waals surface area contributed by atoms with Crippen LogP contribution in [0.3, 0.4) is 0 Å². The van der Waals surface area contributed by atoms with Gasteiger partial charge >= 0.3 is 5.97 Å². The zero-order valence-corrected chi connectivity index (χ0v) is 13.8. The number of carboxylic acid groups (broad SMARTS) is 1. The highest BCUT2D eigenvalue weighted by atomic mass is 16.5. The lowest BCUT2D eigenvalue weighted by Crippen LogP contribution is -2.04. The van der Waals surface area contributed by atoms with Gasteiger partial charge in [-0.3, -0.25) is 0 Å². The molecule has 3 aromatic carbocycles. The molecule has 0 aromatic heterocycles. The van der Waals surface area contributed by atoms with Crippen molar-refractivity contribution in [2.24, 2.45) is 0 Å². The first kappa shape index (κ1) is 16.6. The standard InChI is InChI=1S/C21H18O4/c1-24-19-13-18(21(22)23)17(16-10-6-3-7-11-16)12-20(19)25-14-15-8-4-2-5-9-15/h2-13H,14H2,1H3,(H,22,23). The zero-order valence-electron chi connectivity index (χ0n) is 13.8. The Hall–Kier alpha value is -3.27. The highest BCUT2D eigenvalue weighted by molar-refractivity contribution is 5.97. The summed E-state index contributed by atoms with van der Waals surface area (Å²) in [5, 5.41) is 9.55.